The predicted molar refractivity (Wildman–Crippen MR) is 107 cm³/mol. The summed E-state index contributed by atoms with van der Waals surface area (Å²) in [7, 11) is 0. The average Bonchev–Trinajstić information content (AvgIpc) is 3.09. The fraction of sp³-hybridized carbons (Fsp3) is 0.0952. The lowest BCUT2D eigenvalue weighted by molar-refractivity contribution is 0.560. The van der Waals surface area contributed by atoms with Gasteiger partial charge in [-0.05, 0) is 47.5 Å². The molecule has 0 saturated heterocycles. The second-order valence-corrected chi connectivity index (χ2v) is 6.63. The monoisotopic (exact) mass is 404 g/mol. The summed E-state index contributed by atoms with van der Waals surface area (Å²) in [6, 6.07) is 19.9. The van der Waals surface area contributed by atoms with E-state index < -0.39 is 5.54 Å². The van der Waals surface area contributed by atoms with Crippen LogP contribution in [0.15, 0.2) is 77.8 Å². The molecule has 0 unspecified atom stereocenters. The number of nitrogens with one attached hydrogen (secondary N) is 1. The van der Waals surface area contributed by atoms with Crippen LogP contribution in [0.2, 0.25) is 5.02 Å². The van der Waals surface area contributed by atoms with Gasteiger partial charge in [-0.2, -0.15) is 0 Å². The van der Waals surface area contributed by atoms with Gasteiger partial charge in [-0.15, -0.1) is 12.4 Å². The molecule has 1 aliphatic heterocycles. The number of amidine groups is 1. The molecule has 27 heavy (non-hydrogen) atoms. The van der Waals surface area contributed by atoms with Gasteiger partial charge in [0, 0.05) is 17.1 Å². The molecule has 0 spiro atoms. The first-order valence-corrected chi connectivity index (χ1v) is 8.56. The molecule has 0 atom stereocenters. The van der Waals surface area contributed by atoms with Crippen molar-refractivity contribution in [3.05, 3.63) is 106 Å². The van der Waals surface area contributed by atoms with E-state index in [2.05, 4.69) is 5.32 Å². The van der Waals surface area contributed by atoms with E-state index in [1.54, 1.807) is 30.3 Å². The molecule has 0 aliphatic carbocycles. The number of hydrogen-bond donors (Lipinski definition) is 1. The first kappa shape index (κ1) is 19.3. The minimum atomic E-state index is -0.765. The third-order valence-electron chi connectivity index (χ3n) is 4.56. The highest BCUT2D eigenvalue weighted by Gasteiger charge is 2.39. The van der Waals surface area contributed by atoms with E-state index in [1.807, 2.05) is 18.2 Å². The van der Waals surface area contributed by atoms with Gasteiger partial charge in [-0.25, -0.2) is 13.8 Å². The molecule has 4 rings (SSSR count). The van der Waals surface area contributed by atoms with Crippen molar-refractivity contribution >= 4 is 29.8 Å². The highest BCUT2D eigenvalue weighted by Crippen LogP contribution is 2.37. The summed E-state index contributed by atoms with van der Waals surface area (Å²) in [5.41, 5.74) is 1.76. The van der Waals surface area contributed by atoms with E-state index in [9.17, 15) is 8.78 Å². The second-order valence-electron chi connectivity index (χ2n) is 6.20. The van der Waals surface area contributed by atoms with Crippen molar-refractivity contribution in [3.63, 3.8) is 0 Å². The van der Waals surface area contributed by atoms with Crippen molar-refractivity contribution in [2.45, 2.75) is 5.54 Å². The minimum absolute atomic E-state index is 0. The van der Waals surface area contributed by atoms with Crippen LogP contribution in [0.4, 0.5) is 8.78 Å². The lowest BCUT2D eigenvalue weighted by Gasteiger charge is -2.26. The van der Waals surface area contributed by atoms with Gasteiger partial charge in [0.2, 0.25) is 0 Å². The fourth-order valence-corrected chi connectivity index (χ4v) is 3.43. The SMILES string of the molecule is Cl.Fc1ccc(C2(c3ccc(F)cc3)CNC(c3cccc(Cl)c3)=N2)cc1. The zero-order chi connectivity index (χ0) is 18.1. The quantitative estimate of drug-likeness (QED) is 0.626. The number of hydrogen-bond acceptors (Lipinski definition) is 2. The maximum Gasteiger partial charge on any atom is 0.130 e. The van der Waals surface area contributed by atoms with E-state index in [0.717, 1.165) is 16.7 Å². The van der Waals surface area contributed by atoms with E-state index in [4.69, 9.17) is 16.6 Å². The molecule has 3 aromatic rings. The smallest absolute Gasteiger partial charge is 0.130 e. The lowest BCUT2D eigenvalue weighted by atomic mass is 9.84. The molecule has 1 heterocycles. The summed E-state index contributed by atoms with van der Waals surface area (Å²) < 4.78 is 26.8. The van der Waals surface area contributed by atoms with Gasteiger partial charge in [-0.3, -0.25) is 0 Å². The summed E-state index contributed by atoms with van der Waals surface area (Å²) >= 11 is 6.10. The van der Waals surface area contributed by atoms with E-state index in [0.29, 0.717) is 17.4 Å². The highest BCUT2D eigenvalue weighted by atomic mass is 35.5. The van der Waals surface area contributed by atoms with E-state index in [-0.39, 0.29) is 24.0 Å². The second kappa shape index (κ2) is 7.67. The molecule has 138 valence electrons. The lowest BCUT2D eigenvalue weighted by Crippen LogP contribution is -2.31. The topological polar surface area (TPSA) is 24.4 Å². The van der Waals surface area contributed by atoms with Gasteiger partial charge in [0.25, 0.3) is 0 Å². The van der Waals surface area contributed by atoms with Gasteiger partial charge in [0.1, 0.15) is 23.0 Å². The number of rotatable bonds is 3. The molecule has 6 heteroatoms. The van der Waals surface area contributed by atoms with Gasteiger partial charge < -0.3 is 5.32 Å². The number of halogens is 4. The zero-order valence-corrected chi connectivity index (χ0v) is 15.7. The summed E-state index contributed by atoms with van der Waals surface area (Å²) in [4.78, 5) is 4.93. The van der Waals surface area contributed by atoms with E-state index >= 15 is 0 Å². The Labute approximate surface area is 167 Å². The van der Waals surface area contributed by atoms with Crippen LogP contribution in [-0.2, 0) is 5.54 Å². The van der Waals surface area contributed by atoms with Crippen LogP contribution in [0.5, 0.6) is 0 Å². The summed E-state index contributed by atoms with van der Waals surface area (Å²) in [5.74, 6) is 0.0714. The molecule has 1 N–H and O–H groups in total. The van der Waals surface area contributed by atoms with Gasteiger partial charge in [0.05, 0.1) is 0 Å². The molecule has 0 bridgehead atoms. The van der Waals surface area contributed by atoms with Crippen LogP contribution in [-0.4, -0.2) is 12.4 Å². The van der Waals surface area contributed by atoms with Crippen molar-refractivity contribution in [1.29, 1.82) is 0 Å². The Morgan fingerprint density at radius 3 is 1.93 bits per heavy atom. The van der Waals surface area contributed by atoms with E-state index in [1.165, 1.54) is 24.3 Å². The number of benzene rings is 3. The number of aliphatic imine (C=N–C) groups is 1. The molecular weight excluding hydrogens is 389 g/mol. The third-order valence-corrected chi connectivity index (χ3v) is 4.79. The minimum Gasteiger partial charge on any atom is -0.367 e. The fourth-order valence-electron chi connectivity index (χ4n) is 3.24. The van der Waals surface area contributed by atoms with Crippen LogP contribution in [0.1, 0.15) is 16.7 Å². The summed E-state index contributed by atoms with van der Waals surface area (Å²) in [5, 5.41) is 3.94. The first-order valence-electron chi connectivity index (χ1n) is 8.19. The molecule has 0 aromatic heterocycles. The molecular formula is C21H16Cl2F2N2. The Morgan fingerprint density at radius 2 is 1.41 bits per heavy atom. The normalized spacial score (nSPS) is 14.9. The van der Waals surface area contributed by atoms with Crippen LogP contribution in [0.25, 0.3) is 0 Å². The van der Waals surface area contributed by atoms with Crippen molar-refractivity contribution in [3.8, 4) is 0 Å². The molecule has 0 radical (unpaired) electrons. The Balaban J connectivity index is 0.00000210. The Hall–Kier alpha value is -2.43. The van der Waals surface area contributed by atoms with Gasteiger partial charge >= 0.3 is 0 Å². The van der Waals surface area contributed by atoms with Crippen LogP contribution in [0, 0.1) is 11.6 Å². The maximum absolute atomic E-state index is 13.4. The van der Waals surface area contributed by atoms with Crippen molar-refractivity contribution < 1.29 is 8.78 Å². The largest absolute Gasteiger partial charge is 0.367 e. The molecule has 1 aliphatic rings. The zero-order valence-electron chi connectivity index (χ0n) is 14.1. The van der Waals surface area contributed by atoms with Gasteiger partial charge in [-0.1, -0.05) is 48.0 Å². The highest BCUT2D eigenvalue weighted by molar-refractivity contribution is 6.31. The molecule has 3 aromatic carbocycles. The Bertz CT molecular complexity index is 925. The average molecular weight is 405 g/mol. The van der Waals surface area contributed by atoms with Crippen molar-refractivity contribution in [2.75, 3.05) is 6.54 Å². The van der Waals surface area contributed by atoms with Crippen LogP contribution in [0.3, 0.4) is 0 Å². The molecule has 2 nitrogen and oxygen atoms in total. The van der Waals surface area contributed by atoms with Crippen LogP contribution >= 0.6 is 24.0 Å². The summed E-state index contributed by atoms with van der Waals surface area (Å²) in [6.07, 6.45) is 0. The summed E-state index contributed by atoms with van der Waals surface area (Å²) in [6.45, 7) is 0.478. The molecule has 0 amide bonds. The maximum atomic E-state index is 13.4. The van der Waals surface area contributed by atoms with Gasteiger partial charge in [0.15, 0.2) is 0 Å². The first-order chi connectivity index (χ1) is 12.6. The number of nitrogens with zero attached hydrogens (tertiary/aromatic N) is 1. The van der Waals surface area contributed by atoms with Crippen molar-refractivity contribution in [2.24, 2.45) is 4.99 Å². The molecule has 0 fully saturated rings. The third kappa shape index (κ3) is 3.68. The predicted octanol–water partition coefficient (Wildman–Crippen LogP) is 5.33. The molecule has 0 saturated carbocycles. The standard InChI is InChI=1S/C21H15ClF2N2.ClH/c22-17-3-1-2-14(12-17)20-25-13-21(26-20,15-4-8-18(23)9-5-15)16-6-10-19(24)11-7-16;/h1-12H,13H2,(H,25,26);1H. The van der Waals surface area contributed by atoms with Crippen LogP contribution < -0.4 is 5.32 Å². The van der Waals surface area contributed by atoms with Crippen molar-refractivity contribution in [1.82, 2.24) is 5.32 Å². The Kier molecular flexibility index (Phi) is 5.49. The Morgan fingerprint density at radius 1 is 0.852 bits per heavy atom.